The van der Waals surface area contributed by atoms with Crippen molar-refractivity contribution >= 4 is 11.9 Å². The Morgan fingerprint density at radius 1 is 1.35 bits per heavy atom. The molecule has 126 valence electrons. The zero-order chi connectivity index (χ0) is 16.8. The van der Waals surface area contributed by atoms with Crippen molar-refractivity contribution in [1.82, 2.24) is 10.2 Å². The summed E-state index contributed by atoms with van der Waals surface area (Å²) in [5.74, 6) is 0.920. The summed E-state index contributed by atoms with van der Waals surface area (Å²) in [4.78, 5) is 25.1. The molecule has 0 spiro atoms. The summed E-state index contributed by atoms with van der Waals surface area (Å²) in [5.41, 5.74) is 6.13. The number of piperidine rings is 1. The maximum Gasteiger partial charge on any atom is 0.314 e. The Morgan fingerprint density at radius 3 is 2.78 bits per heavy atom. The van der Waals surface area contributed by atoms with Crippen LogP contribution in [0.15, 0.2) is 18.2 Å². The molecule has 1 aliphatic heterocycles. The lowest BCUT2D eigenvalue weighted by atomic mass is 9.97. The van der Waals surface area contributed by atoms with E-state index < -0.39 is 6.03 Å². The van der Waals surface area contributed by atoms with Crippen molar-refractivity contribution in [3.63, 3.8) is 0 Å². The molecule has 1 heterocycles. The quantitative estimate of drug-likeness (QED) is 0.849. The fourth-order valence-corrected chi connectivity index (χ4v) is 2.81. The molecule has 0 bridgehead atoms. The van der Waals surface area contributed by atoms with Gasteiger partial charge in [-0.15, -0.1) is 0 Å². The van der Waals surface area contributed by atoms with Crippen LogP contribution in [0.1, 0.15) is 18.4 Å². The third-order valence-electron chi connectivity index (χ3n) is 4.04. The summed E-state index contributed by atoms with van der Waals surface area (Å²) >= 11 is 0. The summed E-state index contributed by atoms with van der Waals surface area (Å²) in [5, 5.41) is 2.90. The molecule has 0 saturated carbocycles. The normalized spacial score (nSPS) is 17.5. The van der Waals surface area contributed by atoms with E-state index in [-0.39, 0.29) is 11.8 Å². The Bertz CT molecular complexity index is 576. The molecular weight excluding hydrogens is 298 g/mol. The van der Waals surface area contributed by atoms with E-state index in [2.05, 4.69) is 5.32 Å². The summed E-state index contributed by atoms with van der Waals surface area (Å²) in [6.45, 7) is 1.32. The molecule has 1 aromatic rings. The van der Waals surface area contributed by atoms with Crippen LogP contribution in [0, 0.1) is 5.92 Å². The third kappa shape index (κ3) is 4.06. The number of para-hydroxylation sites is 1. The first-order valence-electron chi connectivity index (χ1n) is 7.58. The highest BCUT2D eigenvalue weighted by atomic mass is 16.5. The van der Waals surface area contributed by atoms with Gasteiger partial charge in [-0.05, 0) is 18.9 Å². The number of primary amides is 1. The van der Waals surface area contributed by atoms with E-state index in [9.17, 15) is 9.59 Å². The molecule has 1 atom stereocenters. The molecule has 1 aliphatic rings. The number of rotatable bonds is 5. The Hall–Kier alpha value is -2.44. The smallest absolute Gasteiger partial charge is 0.314 e. The molecule has 1 fully saturated rings. The molecule has 3 amide bonds. The number of urea groups is 1. The minimum Gasteiger partial charge on any atom is -0.493 e. The first-order valence-corrected chi connectivity index (χ1v) is 7.58. The summed E-state index contributed by atoms with van der Waals surface area (Å²) in [7, 11) is 3.13. The van der Waals surface area contributed by atoms with Gasteiger partial charge in [-0.1, -0.05) is 12.1 Å². The van der Waals surface area contributed by atoms with E-state index in [1.54, 1.807) is 20.3 Å². The van der Waals surface area contributed by atoms with Gasteiger partial charge in [0.15, 0.2) is 11.5 Å². The van der Waals surface area contributed by atoms with Crippen molar-refractivity contribution in [3.8, 4) is 11.5 Å². The van der Waals surface area contributed by atoms with E-state index in [1.165, 1.54) is 4.90 Å². The van der Waals surface area contributed by atoms with Gasteiger partial charge in [-0.3, -0.25) is 4.79 Å². The third-order valence-corrected chi connectivity index (χ3v) is 4.04. The fourth-order valence-electron chi connectivity index (χ4n) is 2.81. The molecule has 0 radical (unpaired) electrons. The number of likely N-dealkylation sites (tertiary alicyclic amines) is 1. The number of hydrogen-bond acceptors (Lipinski definition) is 4. The SMILES string of the molecule is COc1cccc(CNC(=O)C2CCCN(C(N)=O)C2)c1OC. The highest BCUT2D eigenvalue weighted by molar-refractivity contribution is 5.80. The van der Waals surface area contributed by atoms with Gasteiger partial charge in [-0.25, -0.2) is 4.79 Å². The molecule has 0 aliphatic carbocycles. The van der Waals surface area contributed by atoms with Crippen LogP contribution in [-0.2, 0) is 11.3 Å². The van der Waals surface area contributed by atoms with Gasteiger partial charge in [0, 0.05) is 25.2 Å². The number of benzene rings is 1. The van der Waals surface area contributed by atoms with Crippen LogP contribution in [0.25, 0.3) is 0 Å². The highest BCUT2D eigenvalue weighted by Crippen LogP contribution is 2.30. The Labute approximate surface area is 135 Å². The Morgan fingerprint density at radius 2 is 2.13 bits per heavy atom. The molecule has 2 rings (SSSR count). The predicted octanol–water partition coefficient (Wildman–Crippen LogP) is 1.11. The van der Waals surface area contributed by atoms with E-state index in [0.717, 1.165) is 18.4 Å². The number of carbonyl (C=O) groups excluding carboxylic acids is 2. The molecular formula is C16H23N3O4. The molecule has 1 saturated heterocycles. The van der Waals surface area contributed by atoms with Crippen LogP contribution in [0.4, 0.5) is 4.79 Å². The highest BCUT2D eigenvalue weighted by Gasteiger charge is 2.27. The second-order valence-electron chi connectivity index (χ2n) is 5.49. The van der Waals surface area contributed by atoms with E-state index in [1.807, 2.05) is 12.1 Å². The number of carbonyl (C=O) groups is 2. The first kappa shape index (κ1) is 16.9. The number of hydrogen-bond donors (Lipinski definition) is 2. The van der Waals surface area contributed by atoms with Crippen LogP contribution < -0.4 is 20.5 Å². The molecule has 3 N–H and O–H groups in total. The fraction of sp³-hybridized carbons (Fsp3) is 0.500. The Kier molecular flexibility index (Phi) is 5.67. The number of methoxy groups -OCH3 is 2. The van der Waals surface area contributed by atoms with E-state index >= 15 is 0 Å². The average Bonchev–Trinajstić information content (AvgIpc) is 2.59. The largest absolute Gasteiger partial charge is 0.493 e. The predicted molar refractivity (Wildman–Crippen MR) is 85.3 cm³/mol. The lowest BCUT2D eigenvalue weighted by Crippen LogP contribution is -2.47. The minimum absolute atomic E-state index is 0.0826. The van der Waals surface area contributed by atoms with Crippen molar-refractivity contribution in [1.29, 1.82) is 0 Å². The van der Waals surface area contributed by atoms with Gasteiger partial charge in [-0.2, -0.15) is 0 Å². The van der Waals surface area contributed by atoms with Crippen LogP contribution >= 0.6 is 0 Å². The summed E-state index contributed by atoms with van der Waals surface area (Å²) in [6.07, 6.45) is 1.54. The molecule has 1 unspecified atom stereocenters. The van der Waals surface area contributed by atoms with Crippen LogP contribution in [0.5, 0.6) is 11.5 Å². The van der Waals surface area contributed by atoms with Gasteiger partial charge < -0.3 is 25.4 Å². The van der Waals surface area contributed by atoms with Gasteiger partial charge in [0.2, 0.25) is 5.91 Å². The molecule has 1 aromatic carbocycles. The lowest BCUT2D eigenvalue weighted by Gasteiger charge is -2.30. The van der Waals surface area contributed by atoms with E-state index in [0.29, 0.717) is 31.1 Å². The van der Waals surface area contributed by atoms with Crippen LogP contribution in [0.2, 0.25) is 0 Å². The number of nitrogens with two attached hydrogens (primary N) is 1. The maximum atomic E-state index is 12.3. The van der Waals surface area contributed by atoms with Gasteiger partial charge in [0.05, 0.1) is 20.1 Å². The zero-order valence-corrected chi connectivity index (χ0v) is 13.5. The van der Waals surface area contributed by atoms with Crippen LogP contribution in [0.3, 0.4) is 0 Å². The lowest BCUT2D eigenvalue weighted by molar-refractivity contribution is -0.126. The average molecular weight is 321 g/mol. The van der Waals surface area contributed by atoms with Crippen LogP contribution in [-0.4, -0.2) is 44.1 Å². The maximum absolute atomic E-state index is 12.3. The van der Waals surface area contributed by atoms with Crippen molar-refractivity contribution < 1.29 is 19.1 Å². The number of nitrogens with one attached hydrogen (secondary N) is 1. The number of amides is 3. The van der Waals surface area contributed by atoms with Gasteiger partial charge in [0.1, 0.15) is 0 Å². The monoisotopic (exact) mass is 321 g/mol. The molecule has 7 nitrogen and oxygen atoms in total. The minimum atomic E-state index is -0.475. The van der Waals surface area contributed by atoms with Crippen molar-refractivity contribution in [3.05, 3.63) is 23.8 Å². The van der Waals surface area contributed by atoms with Gasteiger partial charge >= 0.3 is 6.03 Å². The molecule has 7 heteroatoms. The van der Waals surface area contributed by atoms with Crippen molar-refractivity contribution in [2.24, 2.45) is 11.7 Å². The second-order valence-corrected chi connectivity index (χ2v) is 5.49. The van der Waals surface area contributed by atoms with Gasteiger partial charge in [0.25, 0.3) is 0 Å². The number of ether oxygens (including phenoxy) is 2. The Balaban J connectivity index is 1.98. The zero-order valence-electron chi connectivity index (χ0n) is 13.5. The standard InChI is InChI=1S/C16H23N3O4/c1-22-13-7-3-5-11(14(13)23-2)9-18-15(20)12-6-4-8-19(10-12)16(17)21/h3,5,7,12H,4,6,8-10H2,1-2H3,(H2,17,21)(H,18,20). The van der Waals surface area contributed by atoms with Crippen molar-refractivity contribution in [2.45, 2.75) is 19.4 Å². The molecule has 23 heavy (non-hydrogen) atoms. The number of nitrogens with zero attached hydrogens (tertiary/aromatic N) is 1. The molecule has 0 aromatic heterocycles. The summed E-state index contributed by atoms with van der Waals surface area (Å²) in [6, 6.07) is 5.05. The van der Waals surface area contributed by atoms with Crippen molar-refractivity contribution in [2.75, 3.05) is 27.3 Å². The summed E-state index contributed by atoms with van der Waals surface area (Å²) < 4.78 is 10.6. The van der Waals surface area contributed by atoms with E-state index in [4.69, 9.17) is 15.2 Å². The topological polar surface area (TPSA) is 93.9 Å². The second kappa shape index (κ2) is 7.71. The first-order chi connectivity index (χ1) is 11.1.